The van der Waals surface area contributed by atoms with Crippen LogP contribution in [0.5, 0.6) is 0 Å². The van der Waals surface area contributed by atoms with Gasteiger partial charge in [-0.1, -0.05) is 15.9 Å². The zero-order chi connectivity index (χ0) is 12.7. The third kappa shape index (κ3) is 2.80. The molecule has 2 rings (SSSR count). The molecule has 1 N–H and O–H groups in total. The second-order valence-electron chi connectivity index (χ2n) is 4.21. The molecule has 0 spiro atoms. The minimum Gasteiger partial charge on any atom is -0.299 e. The van der Waals surface area contributed by atoms with Gasteiger partial charge in [0, 0.05) is 11.0 Å². The van der Waals surface area contributed by atoms with E-state index in [1.165, 1.54) is 12.1 Å². The Morgan fingerprint density at radius 2 is 1.88 bits per heavy atom. The van der Waals surface area contributed by atoms with E-state index in [1.807, 2.05) is 0 Å². The topological polar surface area (TPSA) is 12.0 Å². The summed E-state index contributed by atoms with van der Waals surface area (Å²) in [5.41, 5.74) is -1.27. The zero-order valence-electron chi connectivity index (χ0n) is 8.74. The average molecular weight is 312 g/mol. The maximum atomic E-state index is 13.0. The Balaban J connectivity index is 2.03. The van der Waals surface area contributed by atoms with Crippen LogP contribution in [0, 0.1) is 5.82 Å². The van der Waals surface area contributed by atoms with Crippen LogP contribution in [0.4, 0.5) is 17.6 Å². The minimum atomic E-state index is -4.24. The lowest BCUT2D eigenvalue weighted by Crippen LogP contribution is -2.44. The summed E-state index contributed by atoms with van der Waals surface area (Å²) in [5, 5.41) is 2.47. The van der Waals surface area contributed by atoms with E-state index in [2.05, 4.69) is 21.2 Å². The average Bonchev–Trinajstić information content (AvgIpc) is 2.92. The van der Waals surface area contributed by atoms with Gasteiger partial charge in [0.05, 0.1) is 0 Å². The Bertz CT molecular complexity index is 406. The van der Waals surface area contributed by atoms with Crippen LogP contribution in [-0.4, -0.2) is 11.7 Å². The molecule has 1 nitrogen and oxygen atoms in total. The fraction of sp³-hybridized carbons (Fsp3) is 0.455. The number of alkyl halides is 3. The fourth-order valence-electron chi connectivity index (χ4n) is 1.67. The van der Waals surface area contributed by atoms with Crippen molar-refractivity contribution in [1.29, 1.82) is 0 Å². The number of halogens is 5. The van der Waals surface area contributed by atoms with E-state index in [0.717, 1.165) is 0 Å². The smallest absolute Gasteiger partial charge is 0.299 e. The lowest BCUT2D eigenvalue weighted by atomic mass is 10.2. The monoisotopic (exact) mass is 311 g/mol. The first-order valence-corrected chi connectivity index (χ1v) is 5.88. The standard InChI is InChI=1S/C11H10BrF4N/c12-8-3-7(4-9(13)5-8)6-17-10(1-2-10)11(14,15)16/h3-5,17H,1-2,6H2. The van der Waals surface area contributed by atoms with Crippen LogP contribution in [0.1, 0.15) is 18.4 Å². The number of rotatable bonds is 3. The summed E-state index contributed by atoms with van der Waals surface area (Å²) in [6, 6.07) is 4.09. The van der Waals surface area contributed by atoms with Gasteiger partial charge in [0.25, 0.3) is 0 Å². The van der Waals surface area contributed by atoms with Crippen molar-refractivity contribution < 1.29 is 17.6 Å². The van der Waals surface area contributed by atoms with E-state index >= 15 is 0 Å². The van der Waals surface area contributed by atoms with E-state index < -0.39 is 17.5 Å². The molecule has 0 atom stereocenters. The molecule has 0 amide bonds. The fourth-order valence-corrected chi connectivity index (χ4v) is 2.18. The first-order chi connectivity index (χ1) is 7.82. The molecule has 0 bridgehead atoms. The van der Waals surface area contributed by atoms with Crippen molar-refractivity contribution in [1.82, 2.24) is 5.32 Å². The predicted octanol–water partition coefficient (Wildman–Crippen LogP) is 3.77. The molecule has 1 aliphatic carbocycles. The second kappa shape index (κ2) is 4.24. The summed E-state index contributed by atoms with van der Waals surface area (Å²) in [7, 11) is 0. The lowest BCUT2D eigenvalue weighted by Gasteiger charge is -2.20. The molecule has 94 valence electrons. The van der Waals surface area contributed by atoms with Crippen LogP contribution in [-0.2, 0) is 6.54 Å². The van der Waals surface area contributed by atoms with Gasteiger partial charge in [-0.3, -0.25) is 5.32 Å². The molecular weight excluding hydrogens is 302 g/mol. The highest BCUT2D eigenvalue weighted by Crippen LogP contribution is 2.49. The molecule has 1 fully saturated rings. The summed E-state index contributed by atoms with van der Waals surface area (Å²) in [6.45, 7) is 0.00979. The molecule has 0 unspecified atom stereocenters. The van der Waals surface area contributed by atoms with Crippen LogP contribution in [0.15, 0.2) is 22.7 Å². The second-order valence-corrected chi connectivity index (χ2v) is 5.13. The molecule has 0 saturated heterocycles. The van der Waals surface area contributed by atoms with E-state index in [0.29, 0.717) is 10.0 Å². The van der Waals surface area contributed by atoms with Gasteiger partial charge in [-0.05, 0) is 36.6 Å². The van der Waals surface area contributed by atoms with Gasteiger partial charge in [-0.15, -0.1) is 0 Å². The minimum absolute atomic E-state index is 0.00979. The van der Waals surface area contributed by atoms with Crippen molar-refractivity contribution in [3.63, 3.8) is 0 Å². The number of benzene rings is 1. The maximum absolute atomic E-state index is 13.0. The molecule has 0 aliphatic heterocycles. The molecule has 1 aromatic rings. The van der Waals surface area contributed by atoms with Crippen molar-refractivity contribution in [2.24, 2.45) is 0 Å². The van der Waals surface area contributed by atoms with Gasteiger partial charge in [0.2, 0.25) is 0 Å². The van der Waals surface area contributed by atoms with Crippen molar-refractivity contribution >= 4 is 15.9 Å². The van der Waals surface area contributed by atoms with Gasteiger partial charge < -0.3 is 0 Å². The Hall–Kier alpha value is -0.620. The van der Waals surface area contributed by atoms with Crippen LogP contribution < -0.4 is 5.32 Å². The van der Waals surface area contributed by atoms with Crippen LogP contribution in [0.2, 0.25) is 0 Å². The first kappa shape index (κ1) is 12.8. The summed E-state index contributed by atoms with van der Waals surface area (Å²) in [5.74, 6) is -0.465. The van der Waals surface area contributed by atoms with Crippen molar-refractivity contribution in [2.75, 3.05) is 0 Å². The van der Waals surface area contributed by atoms with E-state index in [1.54, 1.807) is 6.07 Å². The highest BCUT2D eigenvalue weighted by molar-refractivity contribution is 9.10. The van der Waals surface area contributed by atoms with Crippen LogP contribution >= 0.6 is 15.9 Å². The Labute approximate surface area is 104 Å². The van der Waals surface area contributed by atoms with E-state index in [9.17, 15) is 17.6 Å². The molecule has 1 aromatic carbocycles. The van der Waals surface area contributed by atoms with Gasteiger partial charge >= 0.3 is 6.18 Å². The van der Waals surface area contributed by atoms with Crippen molar-refractivity contribution in [3.8, 4) is 0 Å². The molecule has 0 aromatic heterocycles. The lowest BCUT2D eigenvalue weighted by molar-refractivity contribution is -0.166. The maximum Gasteiger partial charge on any atom is 0.406 e. The molecule has 1 saturated carbocycles. The normalized spacial score (nSPS) is 18.2. The van der Waals surface area contributed by atoms with Crippen LogP contribution in [0.25, 0.3) is 0 Å². The first-order valence-electron chi connectivity index (χ1n) is 5.09. The number of nitrogens with one attached hydrogen (secondary N) is 1. The zero-order valence-corrected chi connectivity index (χ0v) is 10.3. The SMILES string of the molecule is Fc1cc(Br)cc(CNC2(C(F)(F)F)CC2)c1. The summed E-state index contributed by atoms with van der Waals surface area (Å²) in [4.78, 5) is 0. The predicted molar refractivity (Wildman–Crippen MR) is 59.0 cm³/mol. The molecule has 17 heavy (non-hydrogen) atoms. The van der Waals surface area contributed by atoms with Gasteiger partial charge in [0.15, 0.2) is 0 Å². The Morgan fingerprint density at radius 1 is 1.24 bits per heavy atom. The molecule has 6 heteroatoms. The highest BCUT2D eigenvalue weighted by atomic mass is 79.9. The summed E-state index contributed by atoms with van der Waals surface area (Å²) >= 11 is 3.10. The largest absolute Gasteiger partial charge is 0.406 e. The van der Waals surface area contributed by atoms with Crippen molar-refractivity contribution in [3.05, 3.63) is 34.1 Å². The summed E-state index contributed by atoms with van der Waals surface area (Å²) < 4.78 is 51.4. The molecule has 0 radical (unpaired) electrons. The molecule has 0 heterocycles. The highest BCUT2D eigenvalue weighted by Gasteiger charge is 2.62. The van der Waals surface area contributed by atoms with E-state index in [-0.39, 0.29) is 19.4 Å². The number of hydrogen-bond donors (Lipinski definition) is 1. The third-order valence-electron chi connectivity index (χ3n) is 2.85. The van der Waals surface area contributed by atoms with Gasteiger partial charge in [0.1, 0.15) is 11.4 Å². The Kier molecular flexibility index (Phi) is 3.20. The molecule has 1 aliphatic rings. The molecular formula is C11H10BrF4N. The quantitative estimate of drug-likeness (QED) is 0.838. The third-order valence-corrected chi connectivity index (χ3v) is 3.30. The van der Waals surface area contributed by atoms with Crippen molar-refractivity contribution in [2.45, 2.75) is 31.1 Å². The van der Waals surface area contributed by atoms with E-state index in [4.69, 9.17) is 0 Å². The summed E-state index contributed by atoms with van der Waals surface area (Å²) in [6.07, 6.45) is -4.06. The Morgan fingerprint density at radius 3 is 2.35 bits per heavy atom. The van der Waals surface area contributed by atoms with Crippen LogP contribution in [0.3, 0.4) is 0 Å². The van der Waals surface area contributed by atoms with Gasteiger partial charge in [-0.25, -0.2) is 4.39 Å². The number of hydrogen-bond acceptors (Lipinski definition) is 1. The van der Waals surface area contributed by atoms with Gasteiger partial charge in [-0.2, -0.15) is 13.2 Å².